The zero-order chi connectivity index (χ0) is 17.1. The van der Waals surface area contributed by atoms with Crippen LogP contribution in [0.5, 0.6) is 11.5 Å². The van der Waals surface area contributed by atoms with Gasteiger partial charge in [0.15, 0.2) is 0 Å². The minimum atomic E-state index is -0.311. The summed E-state index contributed by atoms with van der Waals surface area (Å²) in [6, 6.07) is 5.60. The van der Waals surface area contributed by atoms with Crippen LogP contribution in [-0.4, -0.2) is 38.6 Å². The minimum absolute atomic E-state index is 0.0142. The molecule has 1 saturated heterocycles. The van der Waals surface area contributed by atoms with E-state index in [0.717, 1.165) is 12.8 Å². The Morgan fingerprint density at radius 2 is 1.96 bits per heavy atom. The highest BCUT2D eigenvalue weighted by atomic mass is 16.5. The van der Waals surface area contributed by atoms with E-state index in [9.17, 15) is 9.59 Å². The second kappa shape index (κ2) is 7.11. The summed E-state index contributed by atoms with van der Waals surface area (Å²) in [6.07, 6.45) is 4.65. The molecule has 0 bridgehead atoms. The van der Waals surface area contributed by atoms with Gasteiger partial charge in [-0.05, 0) is 25.0 Å². The topological polar surface area (TPSA) is 67.9 Å². The maximum atomic E-state index is 12.5. The van der Waals surface area contributed by atoms with Crippen LogP contribution in [-0.2, 0) is 9.59 Å². The molecule has 2 aliphatic rings. The van der Waals surface area contributed by atoms with E-state index in [1.54, 1.807) is 37.3 Å². The molecule has 1 aliphatic heterocycles. The number of rotatable bonds is 5. The molecule has 130 valence electrons. The van der Waals surface area contributed by atoms with Crippen molar-refractivity contribution in [1.82, 2.24) is 5.32 Å². The molecule has 1 aromatic rings. The summed E-state index contributed by atoms with van der Waals surface area (Å²) in [5.41, 5.74) is 0.651. The average Bonchev–Trinajstić information content (AvgIpc) is 3.23. The Balaban J connectivity index is 1.73. The molecular weight excluding hydrogens is 308 g/mol. The molecule has 0 aromatic heterocycles. The predicted octanol–water partition coefficient (Wildman–Crippen LogP) is 2.12. The van der Waals surface area contributed by atoms with Gasteiger partial charge < -0.3 is 19.7 Å². The van der Waals surface area contributed by atoms with Gasteiger partial charge in [-0.15, -0.1) is 0 Å². The molecular formula is C18H24N2O4. The lowest BCUT2D eigenvalue weighted by molar-refractivity contribution is -0.126. The Kier molecular flexibility index (Phi) is 4.92. The number of ether oxygens (including phenoxy) is 2. The van der Waals surface area contributed by atoms with E-state index >= 15 is 0 Å². The van der Waals surface area contributed by atoms with E-state index in [2.05, 4.69) is 5.32 Å². The second-order valence-corrected chi connectivity index (χ2v) is 6.43. The third kappa shape index (κ3) is 3.32. The van der Waals surface area contributed by atoms with Gasteiger partial charge >= 0.3 is 0 Å². The molecule has 1 aliphatic carbocycles. The number of carbonyl (C=O) groups excluding carboxylic acids is 2. The molecule has 0 spiro atoms. The molecule has 1 atom stereocenters. The van der Waals surface area contributed by atoms with Crippen LogP contribution in [0.2, 0.25) is 0 Å². The number of nitrogens with zero attached hydrogens (tertiary/aromatic N) is 1. The van der Waals surface area contributed by atoms with Gasteiger partial charge in [0, 0.05) is 25.1 Å². The van der Waals surface area contributed by atoms with Crippen molar-refractivity contribution in [1.29, 1.82) is 0 Å². The molecule has 6 heteroatoms. The number of anilines is 1. The fraction of sp³-hybridized carbons (Fsp3) is 0.556. The van der Waals surface area contributed by atoms with E-state index in [1.807, 2.05) is 0 Å². The van der Waals surface area contributed by atoms with Crippen LogP contribution in [0, 0.1) is 5.92 Å². The summed E-state index contributed by atoms with van der Waals surface area (Å²) in [4.78, 5) is 26.5. The van der Waals surface area contributed by atoms with E-state index in [-0.39, 0.29) is 30.2 Å². The highest BCUT2D eigenvalue weighted by molar-refractivity contribution is 6.01. The van der Waals surface area contributed by atoms with Crippen molar-refractivity contribution in [2.75, 3.05) is 25.7 Å². The Morgan fingerprint density at radius 1 is 1.21 bits per heavy atom. The molecule has 2 fully saturated rings. The van der Waals surface area contributed by atoms with Gasteiger partial charge in [-0.25, -0.2) is 0 Å². The maximum absolute atomic E-state index is 12.5. The van der Waals surface area contributed by atoms with Crippen molar-refractivity contribution in [3.05, 3.63) is 18.2 Å². The summed E-state index contributed by atoms with van der Waals surface area (Å²) in [7, 11) is 3.14. The van der Waals surface area contributed by atoms with Crippen LogP contribution >= 0.6 is 0 Å². The molecule has 24 heavy (non-hydrogen) atoms. The van der Waals surface area contributed by atoms with Gasteiger partial charge in [-0.2, -0.15) is 0 Å². The van der Waals surface area contributed by atoms with Gasteiger partial charge in [0.2, 0.25) is 11.8 Å². The Morgan fingerprint density at radius 3 is 2.62 bits per heavy atom. The fourth-order valence-electron chi connectivity index (χ4n) is 3.51. The summed E-state index contributed by atoms with van der Waals surface area (Å²) in [5.74, 6) is 0.861. The van der Waals surface area contributed by atoms with Gasteiger partial charge in [0.05, 0.1) is 25.8 Å². The molecule has 2 amide bonds. The quantitative estimate of drug-likeness (QED) is 0.897. The second-order valence-electron chi connectivity index (χ2n) is 6.43. The van der Waals surface area contributed by atoms with Gasteiger partial charge in [0.1, 0.15) is 11.5 Å². The standard InChI is InChI=1S/C18H24N2O4/c1-23-14-7-8-16(24-2)15(10-14)20-11-12(9-17(20)21)18(22)19-13-5-3-4-6-13/h7-8,10,12-13H,3-6,9,11H2,1-2H3,(H,19,22)/t12-/m0/s1. The van der Waals surface area contributed by atoms with Crippen molar-refractivity contribution >= 4 is 17.5 Å². The largest absolute Gasteiger partial charge is 0.497 e. The van der Waals surface area contributed by atoms with Crippen molar-refractivity contribution in [3.8, 4) is 11.5 Å². The van der Waals surface area contributed by atoms with Crippen molar-refractivity contribution in [3.63, 3.8) is 0 Å². The third-order valence-electron chi connectivity index (χ3n) is 4.87. The first-order valence-electron chi connectivity index (χ1n) is 8.45. The average molecular weight is 332 g/mol. The number of hydrogen-bond acceptors (Lipinski definition) is 4. The number of nitrogens with one attached hydrogen (secondary N) is 1. The first-order valence-corrected chi connectivity index (χ1v) is 8.45. The van der Waals surface area contributed by atoms with Gasteiger partial charge in [0.25, 0.3) is 0 Å². The normalized spacial score (nSPS) is 21.2. The highest BCUT2D eigenvalue weighted by Crippen LogP contribution is 2.36. The molecule has 3 rings (SSSR count). The lowest BCUT2D eigenvalue weighted by Gasteiger charge is -2.21. The van der Waals surface area contributed by atoms with Crippen LogP contribution in [0.15, 0.2) is 18.2 Å². The summed E-state index contributed by atoms with van der Waals surface area (Å²) in [6.45, 7) is 0.376. The van der Waals surface area contributed by atoms with Crippen LogP contribution in [0.1, 0.15) is 32.1 Å². The van der Waals surface area contributed by atoms with Crippen molar-refractivity contribution in [2.24, 2.45) is 5.92 Å². The molecule has 1 aromatic carbocycles. The first kappa shape index (κ1) is 16.6. The SMILES string of the molecule is COc1ccc(OC)c(N2C[C@@H](C(=O)NC3CCCC3)CC2=O)c1. The molecule has 1 saturated carbocycles. The van der Waals surface area contributed by atoms with E-state index in [1.165, 1.54) is 12.8 Å². The van der Waals surface area contributed by atoms with E-state index in [0.29, 0.717) is 23.7 Å². The Bertz CT molecular complexity index is 625. The van der Waals surface area contributed by atoms with E-state index < -0.39 is 0 Å². The van der Waals surface area contributed by atoms with Gasteiger partial charge in [-0.1, -0.05) is 12.8 Å². The number of methoxy groups -OCH3 is 2. The minimum Gasteiger partial charge on any atom is -0.497 e. The summed E-state index contributed by atoms with van der Waals surface area (Å²) >= 11 is 0. The van der Waals surface area contributed by atoms with Crippen LogP contribution in [0.3, 0.4) is 0 Å². The molecule has 0 radical (unpaired) electrons. The molecule has 0 unspecified atom stereocenters. The Hall–Kier alpha value is -2.24. The van der Waals surface area contributed by atoms with Crippen LogP contribution in [0.25, 0.3) is 0 Å². The number of amides is 2. The molecule has 1 N–H and O–H groups in total. The van der Waals surface area contributed by atoms with Crippen LogP contribution in [0.4, 0.5) is 5.69 Å². The third-order valence-corrected chi connectivity index (χ3v) is 4.87. The lowest BCUT2D eigenvalue weighted by atomic mass is 10.1. The smallest absolute Gasteiger partial charge is 0.227 e. The Labute approximate surface area is 142 Å². The lowest BCUT2D eigenvalue weighted by Crippen LogP contribution is -2.38. The number of benzene rings is 1. The van der Waals surface area contributed by atoms with Crippen LogP contribution < -0.4 is 19.7 Å². The first-order chi connectivity index (χ1) is 11.6. The highest BCUT2D eigenvalue weighted by Gasteiger charge is 2.37. The monoisotopic (exact) mass is 332 g/mol. The molecule has 1 heterocycles. The van der Waals surface area contributed by atoms with Gasteiger partial charge in [-0.3, -0.25) is 9.59 Å². The predicted molar refractivity (Wildman–Crippen MR) is 90.4 cm³/mol. The van der Waals surface area contributed by atoms with E-state index in [4.69, 9.17) is 9.47 Å². The maximum Gasteiger partial charge on any atom is 0.227 e. The fourth-order valence-corrected chi connectivity index (χ4v) is 3.51. The number of hydrogen-bond donors (Lipinski definition) is 1. The van der Waals surface area contributed by atoms with Crippen molar-refractivity contribution in [2.45, 2.75) is 38.1 Å². The number of carbonyl (C=O) groups is 2. The zero-order valence-electron chi connectivity index (χ0n) is 14.2. The van der Waals surface area contributed by atoms with Crippen molar-refractivity contribution < 1.29 is 19.1 Å². The summed E-state index contributed by atoms with van der Waals surface area (Å²) in [5, 5.41) is 3.09. The molecule has 6 nitrogen and oxygen atoms in total. The summed E-state index contributed by atoms with van der Waals surface area (Å²) < 4.78 is 10.6. The zero-order valence-corrected chi connectivity index (χ0v) is 14.2.